The number of ether oxygens (including phenoxy) is 1. The van der Waals surface area contributed by atoms with Gasteiger partial charge in [0.2, 0.25) is 0 Å². The lowest BCUT2D eigenvalue weighted by atomic mass is 9.82. The summed E-state index contributed by atoms with van der Waals surface area (Å²) in [6.07, 6.45) is 8.64. The Morgan fingerprint density at radius 3 is 2.56 bits per heavy atom. The molecule has 1 fully saturated rings. The smallest absolute Gasteiger partial charge is 0.166 e. The van der Waals surface area contributed by atoms with Crippen molar-refractivity contribution in [3.63, 3.8) is 0 Å². The number of benzene rings is 1. The van der Waals surface area contributed by atoms with Gasteiger partial charge in [0, 0.05) is 59.5 Å². The normalized spacial score (nSPS) is 14.5. The number of pyridine rings is 2. The molecule has 0 aliphatic carbocycles. The Morgan fingerprint density at radius 2 is 1.92 bits per heavy atom. The number of hydrogen-bond donors (Lipinski definition) is 2. The average Bonchev–Trinajstić information content (AvgIpc) is 2.81. The van der Waals surface area contributed by atoms with Gasteiger partial charge in [0.25, 0.3) is 0 Å². The van der Waals surface area contributed by atoms with Gasteiger partial charge in [-0.15, -0.1) is 10.7 Å². The summed E-state index contributed by atoms with van der Waals surface area (Å²) >= 11 is 12.3. The second-order valence-electron chi connectivity index (χ2n) is 9.25. The average molecular weight is 550 g/mol. The summed E-state index contributed by atoms with van der Waals surface area (Å²) in [4.78, 5) is 10.2. The molecule has 1 aliphatic rings. The van der Waals surface area contributed by atoms with Crippen LogP contribution in [-0.4, -0.2) is 47.8 Å². The Labute approximate surface area is 222 Å². The third-order valence-electron chi connectivity index (χ3n) is 5.89. The van der Waals surface area contributed by atoms with Gasteiger partial charge in [0.15, 0.2) is 11.6 Å². The van der Waals surface area contributed by atoms with Gasteiger partial charge in [-0.25, -0.2) is 9.37 Å². The van der Waals surface area contributed by atoms with E-state index in [0.717, 1.165) is 6.54 Å². The van der Waals surface area contributed by atoms with Gasteiger partial charge < -0.3 is 15.4 Å². The van der Waals surface area contributed by atoms with Crippen LogP contribution in [0.4, 0.5) is 15.9 Å². The van der Waals surface area contributed by atoms with E-state index in [4.69, 9.17) is 39.1 Å². The summed E-state index contributed by atoms with van der Waals surface area (Å²) in [6.45, 7) is 4.39. The van der Waals surface area contributed by atoms with Gasteiger partial charge >= 0.3 is 0 Å². The molecule has 0 amide bonds. The van der Waals surface area contributed by atoms with Crippen molar-refractivity contribution in [2.45, 2.75) is 13.5 Å². The molecule has 2 aromatic heterocycles. The van der Waals surface area contributed by atoms with E-state index in [1.807, 2.05) is 4.90 Å². The van der Waals surface area contributed by atoms with E-state index < -0.39 is 5.82 Å². The number of rotatable bonds is 8. The number of aromatic nitrogens is 2. The van der Waals surface area contributed by atoms with Crippen molar-refractivity contribution < 1.29 is 9.13 Å². The zero-order valence-electron chi connectivity index (χ0n) is 20.2. The summed E-state index contributed by atoms with van der Waals surface area (Å²) in [5, 5.41) is 9.43. The third-order valence-corrected chi connectivity index (χ3v) is 7.19. The van der Waals surface area contributed by atoms with Crippen LogP contribution in [0.15, 0.2) is 47.2 Å². The topological polar surface area (TPSA) is 100 Å². The fourth-order valence-corrected chi connectivity index (χ4v) is 4.98. The van der Waals surface area contributed by atoms with Gasteiger partial charge in [-0.3, -0.25) is 14.8 Å². The van der Waals surface area contributed by atoms with E-state index in [9.17, 15) is 0 Å². The minimum absolute atomic E-state index is 0.0242. The minimum Gasteiger partial charge on any atom is -0.489 e. The van der Waals surface area contributed by atoms with Gasteiger partial charge in [-0.2, -0.15) is 0 Å². The lowest BCUT2D eigenvalue weighted by molar-refractivity contribution is 0.252. The second kappa shape index (κ2) is 10.7. The molecule has 3 heterocycles. The number of hydrogen-bond acceptors (Lipinski definition) is 7. The number of nitrogens with zero attached hydrogens (tertiary/aromatic N) is 4. The molecule has 0 unspecified atom stereocenters. The van der Waals surface area contributed by atoms with Crippen molar-refractivity contribution in [2.75, 3.05) is 42.8 Å². The maximum atomic E-state index is 15.0. The fourth-order valence-electron chi connectivity index (χ4n) is 3.94. The predicted molar refractivity (Wildman–Crippen MR) is 146 cm³/mol. The van der Waals surface area contributed by atoms with Crippen LogP contribution < -0.4 is 15.4 Å². The molecule has 36 heavy (non-hydrogen) atoms. The molecule has 0 atom stereocenters. The Kier molecular flexibility index (Phi) is 7.82. The van der Waals surface area contributed by atoms with E-state index in [-0.39, 0.29) is 34.2 Å². The van der Waals surface area contributed by atoms with Gasteiger partial charge in [0.05, 0.1) is 22.3 Å². The van der Waals surface area contributed by atoms with Gasteiger partial charge in [0.1, 0.15) is 12.4 Å². The molecular weight excluding hydrogens is 522 g/mol. The second-order valence-corrected chi connectivity index (χ2v) is 11.9. The van der Waals surface area contributed by atoms with Crippen molar-refractivity contribution in [3.05, 3.63) is 75.4 Å². The van der Waals surface area contributed by atoms with E-state index in [1.54, 1.807) is 18.2 Å². The number of nitrogens with two attached hydrogens (primary N) is 1. The molecule has 3 aromatic rings. The van der Waals surface area contributed by atoms with Gasteiger partial charge in [-0.1, -0.05) is 30.1 Å². The molecule has 0 saturated carbocycles. The first-order valence-corrected chi connectivity index (χ1v) is 13.9. The molecule has 0 radical (unpaired) electrons. The van der Waals surface area contributed by atoms with E-state index in [0.29, 0.717) is 51.3 Å². The Balaban J connectivity index is 1.48. The molecule has 1 saturated heterocycles. The largest absolute Gasteiger partial charge is 0.489 e. The van der Waals surface area contributed by atoms with Crippen LogP contribution in [0.1, 0.15) is 23.6 Å². The summed E-state index contributed by atoms with van der Waals surface area (Å²) in [6, 6.07) is 6.27. The van der Waals surface area contributed by atoms with Crippen molar-refractivity contribution >= 4 is 51.1 Å². The minimum atomic E-state index is -0.477. The molecule has 3 N–H and O–H groups in total. The maximum Gasteiger partial charge on any atom is 0.166 e. The highest BCUT2D eigenvalue weighted by molar-refractivity contribution is 7.85. The highest BCUT2D eigenvalue weighted by Crippen LogP contribution is 2.35. The van der Waals surface area contributed by atoms with E-state index in [1.165, 1.54) is 24.7 Å². The van der Waals surface area contributed by atoms with Crippen molar-refractivity contribution in [2.24, 2.45) is 9.78 Å². The Bertz CT molecular complexity index is 1320. The van der Waals surface area contributed by atoms with Crippen LogP contribution in [0.5, 0.6) is 5.75 Å². The molecular formula is C25H27Cl2FN6OS. The molecule has 1 aliphatic heterocycles. The zero-order valence-corrected chi connectivity index (χ0v) is 22.5. The first kappa shape index (κ1) is 26.3. The van der Waals surface area contributed by atoms with Crippen molar-refractivity contribution in [3.8, 4) is 5.75 Å². The van der Waals surface area contributed by atoms with Crippen LogP contribution in [0, 0.1) is 16.6 Å². The molecule has 11 heteroatoms. The SMILES string of the molecule is CS(C)=NCC1(C)CN(c2ncc(C(=N)c3cc(OCc4c(Cl)cncc4Cl)ccc3N)cc2F)C1. The molecule has 190 valence electrons. The third kappa shape index (κ3) is 5.79. The summed E-state index contributed by atoms with van der Waals surface area (Å²) in [7, 11) is 0.0259. The van der Waals surface area contributed by atoms with Crippen LogP contribution in [0.2, 0.25) is 10.0 Å². The number of halogens is 3. The van der Waals surface area contributed by atoms with Gasteiger partial charge in [-0.05, 0) is 36.8 Å². The summed E-state index contributed by atoms with van der Waals surface area (Å²) < 4.78 is 25.5. The molecule has 1 aromatic carbocycles. The number of nitrogen functional groups attached to an aromatic ring is 1. The molecule has 0 bridgehead atoms. The fraction of sp³-hybridized carbons (Fsp3) is 0.320. The van der Waals surface area contributed by atoms with E-state index >= 15 is 4.39 Å². The number of nitrogens with one attached hydrogen (secondary N) is 1. The van der Waals surface area contributed by atoms with Crippen LogP contribution in [0.25, 0.3) is 0 Å². The maximum absolute atomic E-state index is 15.0. The summed E-state index contributed by atoms with van der Waals surface area (Å²) in [5.41, 5.74) is 7.89. The van der Waals surface area contributed by atoms with Crippen LogP contribution in [0.3, 0.4) is 0 Å². The molecule has 0 spiro atoms. The lowest BCUT2D eigenvalue weighted by Crippen LogP contribution is -2.57. The monoisotopic (exact) mass is 548 g/mol. The molecule has 7 nitrogen and oxygen atoms in total. The quantitative estimate of drug-likeness (QED) is 0.290. The van der Waals surface area contributed by atoms with E-state index in [2.05, 4.69) is 33.8 Å². The highest BCUT2D eigenvalue weighted by Gasteiger charge is 2.40. The first-order chi connectivity index (χ1) is 17.1. The highest BCUT2D eigenvalue weighted by atomic mass is 35.5. The van der Waals surface area contributed by atoms with Crippen molar-refractivity contribution in [1.29, 1.82) is 5.41 Å². The predicted octanol–water partition coefficient (Wildman–Crippen LogP) is 5.39. The first-order valence-electron chi connectivity index (χ1n) is 11.1. The summed E-state index contributed by atoms with van der Waals surface area (Å²) in [5.74, 6) is 0.271. The van der Waals surface area contributed by atoms with Crippen LogP contribution in [-0.2, 0) is 17.3 Å². The Morgan fingerprint density at radius 1 is 1.22 bits per heavy atom. The number of anilines is 2. The van der Waals surface area contributed by atoms with Crippen molar-refractivity contribution in [1.82, 2.24) is 9.97 Å². The zero-order chi connectivity index (χ0) is 26.0. The standard InChI is InChI=1S/C25H27Cl2FN6OS/c1-25(12-33-36(2)3)13-34(14-25)24-21(28)6-15(8-32-24)23(30)17-7-16(4-5-22(17)29)35-11-18-19(26)9-31-10-20(18)27/h4-10,30H,11-14,29H2,1-3H3. The molecule has 4 rings (SSSR count). The Hall–Kier alpha value is -2.75. The lowest BCUT2D eigenvalue weighted by Gasteiger charge is -2.48. The van der Waals surface area contributed by atoms with Crippen LogP contribution >= 0.6 is 23.2 Å².